The molecule has 1 aromatic carbocycles. The molecule has 1 saturated carbocycles. The lowest BCUT2D eigenvalue weighted by Gasteiger charge is -2.39. The zero-order valence-corrected chi connectivity index (χ0v) is 15.9. The van der Waals surface area contributed by atoms with Gasteiger partial charge in [-0.25, -0.2) is 4.98 Å². The summed E-state index contributed by atoms with van der Waals surface area (Å²) in [5.41, 5.74) is 2.15. The van der Waals surface area contributed by atoms with Gasteiger partial charge in [-0.05, 0) is 69.0 Å². The minimum atomic E-state index is 0.699. The number of ether oxygens (including phenoxy) is 1. The van der Waals surface area contributed by atoms with E-state index in [0.717, 1.165) is 29.7 Å². The third kappa shape index (κ3) is 4.29. The Morgan fingerprint density at radius 2 is 1.73 bits per heavy atom. The quantitative estimate of drug-likeness (QED) is 0.792. The summed E-state index contributed by atoms with van der Waals surface area (Å²) in [5, 5.41) is 0. The number of nitrogens with zero attached hydrogens (tertiary/aromatic N) is 3. The van der Waals surface area contributed by atoms with Gasteiger partial charge in [-0.15, -0.1) is 0 Å². The minimum absolute atomic E-state index is 0.699. The van der Waals surface area contributed by atoms with Crippen molar-refractivity contribution in [2.45, 2.75) is 51.0 Å². The molecule has 26 heavy (non-hydrogen) atoms. The molecule has 1 aromatic heterocycles. The van der Waals surface area contributed by atoms with E-state index in [9.17, 15) is 0 Å². The molecule has 1 aliphatic heterocycles. The SMILES string of the molecule is Cn1cnc(-c2ccc(OCC3CCN(C4CCCCC4)CC3)cc2)c1. The largest absolute Gasteiger partial charge is 0.493 e. The molecule has 1 saturated heterocycles. The fraction of sp³-hybridized carbons (Fsp3) is 0.591. The van der Waals surface area contributed by atoms with Crippen LogP contribution in [-0.2, 0) is 7.05 Å². The van der Waals surface area contributed by atoms with Crippen molar-refractivity contribution in [3.63, 3.8) is 0 Å². The summed E-state index contributed by atoms with van der Waals surface area (Å²) in [6, 6.07) is 9.21. The Hall–Kier alpha value is -1.81. The zero-order valence-electron chi connectivity index (χ0n) is 15.9. The van der Waals surface area contributed by atoms with Gasteiger partial charge in [-0.2, -0.15) is 0 Å². The average molecular weight is 354 g/mol. The molecule has 2 aromatic rings. The molecule has 0 unspecified atom stereocenters. The van der Waals surface area contributed by atoms with E-state index in [2.05, 4.69) is 34.1 Å². The van der Waals surface area contributed by atoms with Crippen molar-refractivity contribution in [3.8, 4) is 17.0 Å². The van der Waals surface area contributed by atoms with Crippen LogP contribution in [0.4, 0.5) is 0 Å². The standard InChI is InChI=1S/C22H31N3O/c1-24-15-22(23-17-24)19-7-9-21(10-8-19)26-16-18-11-13-25(14-12-18)20-5-3-2-4-6-20/h7-10,15,17-18,20H,2-6,11-14,16H2,1H3. The summed E-state index contributed by atoms with van der Waals surface area (Å²) in [6.07, 6.45) is 13.6. The number of aryl methyl sites for hydroxylation is 1. The fourth-order valence-corrected chi connectivity index (χ4v) is 4.43. The number of benzene rings is 1. The summed E-state index contributed by atoms with van der Waals surface area (Å²) in [5.74, 6) is 1.67. The van der Waals surface area contributed by atoms with Crippen molar-refractivity contribution in [1.82, 2.24) is 14.5 Å². The Bertz CT molecular complexity index is 680. The molecule has 2 aliphatic rings. The number of hydrogen-bond donors (Lipinski definition) is 0. The van der Waals surface area contributed by atoms with Gasteiger partial charge in [0.05, 0.1) is 18.6 Å². The maximum Gasteiger partial charge on any atom is 0.119 e. The van der Waals surface area contributed by atoms with E-state index < -0.39 is 0 Å². The normalized spacial score (nSPS) is 20.3. The zero-order chi connectivity index (χ0) is 17.8. The maximum absolute atomic E-state index is 6.08. The fourth-order valence-electron chi connectivity index (χ4n) is 4.43. The molecule has 0 N–H and O–H groups in total. The van der Waals surface area contributed by atoms with Gasteiger partial charge >= 0.3 is 0 Å². The molecule has 0 atom stereocenters. The van der Waals surface area contributed by atoms with Crippen molar-refractivity contribution in [2.24, 2.45) is 13.0 Å². The van der Waals surface area contributed by atoms with Crippen LogP contribution in [0.5, 0.6) is 5.75 Å². The van der Waals surface area contributed by atoms with Gasteiger partial charge in [0, 0.05) is 24.8 Å². The van der Waals surface area contributed by atoms with Gasteiger partial charge in [0.25, 0.3) is 0 Å². The highest BCUT2D eigenvalue weighted by Gasteiger charge is 2.26. The number of aromatic nitrogens is 2. The van der Waals surface area contributed by atoms with Crippen LogP contribution in [0, 0.1) is 5.92 Å². The lowest BCUT2D eigenvalue weighted by molar-refractivity contribution is 0.0887. The van der Waals surface area contributed by atoms with Gasteiger partial charge in [0.15, 0.2) is 0 Å². The minimum Gasteiger partial charge on any atom is -0.493 e. The molecule has 0 amide bonds. The highest BCUT2D eigenvalue weighted by Crippen LogP contribution is 2.28. The van der Waals surface area contributed by atoms with Crippen molar-refractivity contribution >= 4 is 0 Å². The topological polar surface area (TPSA) is 30.3 Å². The molecular weight excluding hydrogens is 322 g/mol. The van der Waals surface area contributed by atoms with Gasteiger partial charge < -0.3 is 14.2 Å². The number of rotatable bonds is 5. The molecule has 4 heteroatoms. The molecule has 2 heterocycles. The van der Waals surface area contributed by atoms with E-state index in [-0.39, 0.29) is 0 Å². The second-order valence-corrected chi connectivity index (χ2v) is 8.03. The van der Waals surface area contributed by atoms with E-state index in [4.69, 9.17) is 4.74 Å². The van der Waals surface area contributed by atoms with Crippen LogP contribution < -0.4 is 4.74 Å². The first-order valence-electron chi connectivity index (χ1n) is 10.2. The predicted octanol–water partition coefficient (Wildman–Crippen LogP) is 4.51. The van der Waals surface area contributed by atoms with E-state index in [1.54, 1.807) is 0 Å². The first-order chi connectivity index (χ1) is 12.8. The highest BCUT2D eigenvalue weighted by atomic mass is 16.5. The Morgan fingerprint density at radius 1 is 1.00 bits per heavy atom. The first-order valence-corrected chi connectivity index (χ1v) is 10.2. The van der Waals surface area contributed by atoms with Crippen LogP contribution in [0.1, 0.15) is 44.9 Å². The van der Waals surface area contributed by atoms with E-state index >= 15 is 0 Å². The van der Waals surface area contributed by atoms with Crippen LogP contribution in [0.15, 0.2) is 36.8 Å². The second-order valence-electron chi connectivity index (χ2n) is 8.03. The van der Waals surface area contributed by atoms with Gasteiger partial charge in [-0.1, -0.05) is 19.3 Å². The highest BCUT2D eigenvalue weighted by molar-refractivity contribution is 5.59. The number of piperidine rings is 1. The Morgan fingerprint density at radius 3 is 2.38 bits per heavy atom. The van der Waals surface area contributed by atoms with Gasteiger partial charge in [0.1, 0.15) is 5.75 Å². The monoisotopic (exact) mass is 353 g/mol. The molecule has 140 valence electrons. The molecule has 1 aliphatic carbocycles. The molecule has 4 rings (SSSR count). The maximum atomic E-state index is 6.08. The summed E-state index contributed by atoms with van der Waals surface area (Å²) in [4.78, 5) is 7.15. The Balaban J connectivity index is 1.23. The van der Waals surface area contributed by atoms with Crippen molar-refractivity contribution in [2.75, 3.05) is 19.7 Å². The summed E-state index contributed by atoms with van der Waals surface area (Å²) in [6.45, 7) is 3.37. The van der Waals surface area contributed by atoms with Crippen LogP contribution >= 0.6 is 0 Å². The Kier molecular flexibility index (Phi) is 5.59. The van der Waals surface area contributed by atoms with Crippen LogP contribution in [-0.4, -0.2) is 40.2 Å². The van der Waals surface area contributed by atoms with E-state index in [1.165, 1.54) is 58.0 Å². The third-order valence-electron chi connectivity index (χ3n) is 6.08. The van der Waals surface area contributed by atoms with Crippen molar-refractivity contribution < 1.29 is 4.74 Å². The number of imidazole rings is 1. The first kappa shape index (κ1) is 17.6. The number of likely N-dealkylation sites (tertiary alicyclic amines) is 1. The lowest BCUT2D eigenvalue weighted by Crippen LogP contribution is -2.43. The average Bonchev–Trinajstić information content (AvgIpc) is 3.14. The van der Waals surface area contributed by atoms with E-state index in [0.29, 0.717) is 5.92 Å². The predicted molar refractivity (Wildman–Crippen MR) is 105 cm³/mol. The number of hydrogen-bond acceptors (Lipinski definition) is 3. The van der Waals surface area contributed by atoms with Crippen molar-refractivity contribution in [3.05, 3.63) is 36.8 Å². The molecule has 0 radical (unpaired) electrons. The lowest BCUT2D eigenvalue weighted by atomic mass is 9.90. The summed E-state index contributed by atoms with van der Waals surface area (Å²) >= 11 is 0. The third-order valence-corrected chi connectivity index (χ3v) is 6.08. The van der Waals surface area contributed by atoms with Crippen LogP contribution in [0.2, 0.25) is 0 Å². The summed E-state index contributed by atoms with van der Waals surface area (Å²) < 4.78 is 8.05. The van der Waals surface area contributed by atoms with Crippen LogP contribution in [0.3, 0.4) is 0 Å². The molecular formula is C22H31N3O. The smallest absolute Gasteiger partial charge is 0.119 e. The van der Waals surface area contributed by atoms with Gasteiger partial charge in [0.2, 0.25) is 0 Å². The van der Waals surface area contributed by atoms with E-state index in [1.807, 2.05) is 24.1 Å². The second kappa shape index (κ2) is 8.26. The Labute approximate surface area is 157 Å². The van der Waals surface area contributed by atoms with Crippen molar-refractivity contribution in [1.29, 1.82) is 0 Å². The van der Waals surface area contributed by atoms with Gasteiger partial charge in [-0.3, -0.25) is 0 Å². The molecule has 0 spiro atoms. The van der Waals surface area contributed by atoms with Crippen LogP contribution in [0.25, 0.3) is 11.3 Å². The molecule has 0 bridgehead atoms. The molecule has 4 nitrogen and oxygen atoms in total. The summed E-state index contributed by atoms with van der Waals surface area (Å²) in [7, 11) is 1.99. The molecule has 2 fully saturated rings.